The van der Waals surface area contributed by atoms with Crippen LogP contribution in [-0.2, 0) is 6.42 Å². The molecule has 0 bridgehead atoms. The fourth-order valence-electron chi connectivity index (χ4n) is 3.71. The normalized spacial score (nSPS) is 17.0. The summed E-state index contributed by atoms with van der Waals surface area (Å²) < 4.78 is 11.2. The Labute approximate surface area is 134 Å². The average Bonchev–Trinajstić information content (AvgIpc) is 2.60. The van der Waals surface area contributed by atoms with Crippen LogP contribution >= 0.6 is 0 Å². The third-order valence-corrected chi connectivity index (χ3v) is 4.72. The Morgan fingerprint density at radius 3 is 2.74 bits per heavy atom. The highest BCUT2D eigenvalue weighted by Gasteiger charge is 2.28. The summed E-state index contributed by atoms with van der Waals surface area (Å²) in [6, 6.07) is 15.9. The van der Waals surface area contributed by atoms with Crippen molar-refractivity contribution in [2.45, 2.75) is 25.2 Å². The van der Waals surface area contributed by atoms with Gasteiger partial charge in [0.25, 0.3) is 0 Å². The Kier molecular flexibility index (Phi) is 3.41. The van der Waals surface area contributed by atoms with Crippen molar-refractivity contribution in [3.8, 4) is 5.75 Å². The lowest BCUT2D eigenvalue weighted by Gasteiger charge is -2.26. The Hall–Kier alpha value is -2.55. The Morgan fingerprint density at radius 1 is 1.09 bits per heavy atom. The van der Waals surface area contributed by atoms with E-state index >= 15 is 0 Å². The standard InChI is InChI=1S/C20H18O3/c1-22-19-16-10-4-5-12-17(16)23-20(21)18(19)15-11-6-8-13-7-2-3-9-14(13)15/h2-5,7,9-10,12,15H,6,8,11H2,1H3. The number of hydrogen-bond acceptors (Lipinski definition) is 3. The van der Waals surface area contributed by atoms with Crippen LogP contribution in [0.15, 0.2) is 57.7 Å². The van der Waals surface area contributed by atoms with Crippen LogP contribution in [0.2, 0.25) is 0 Å². The van der Waals surface area contributed by atoms with Gasteiger partial charge < -0.3 is 9.15 Å². The Morgan fingerprint density at radius 2 is 1.87 bits per heavy atom. The molecule has 116 valence electrons. The molecule has 3 heteroatoms. The summed E-state index contributed by atoms with van der Waals surface area (Å²) in [5, 5.41) is 0.854. The zero-order chi connectivity index (χ0) is 15.8. The van der Waals surface area contributed by atoms with Crippen molar-refractivity contribution in [2.75, 3.05) is 7.11 Å². The molecule has 1 aliphatic carbocycles. The number of para-hydroxylation sites is 1. The fraction of sp³-hybridized carbons (Fsp3) is 0.250. The van der Waals surface area contributed by atoms with E-state index in [1.165, 1.54) is 11.1 Å². The molecule has 23 heavy (non-hydrogen) atoms. The minimum atomic E-state index is -0.290. The van der Waals surface area contributed by atoms with E-state index in [1.807, 2.05) is 24.3 Å². The second-order valence-corrected chi connectivity index (χ2v) is 5.98. The summed E-state index contributed by atoms with van der Waals surface area (Å²) in [4.78, 5) is 12.7. The minimum absolute atomic E-state index is 0.0377. The molecule has 1 unspecified atom stereocenters. The van der Waals surface area contributed by atoms with Gasteiger partial charge in [-0.05, 0) is 42.5 Å². The molecule has 0 saturated carbocycles. The van der Waals surface area contributed by atoms with Crippen molar-refractivity contribution in [3.63, 3.8) is 0 Å². The van der Waals surface area contributed by atoms with E-state index in [4.69, 9.17) is 9.15 Å². The topological polar surface area (TPSA) is 39.4 Å². The molecule has 1 atom stereocenters. The van der Waals surface area contributed by atoms with Gasteiger partial charge in [0.15, 0.2) is 0 Å². The molecule has 0 N–H and O–H groups in total. The zero-order valence-corrected chi connectivity index (χ0v) is 13.0. The second kappa shape index (κ2) is 5.58. The molecular formula is C20H18O3. The molecule has 1 heterocycles. The third-order valence-electron chi connectivity index (χ3n) is 4.72. The predicted octanol–water partition coefficient (Wildman–Crippen LogP) is 4.27. The van der Waals surface area contributed by atoms with Crippen LogP contribution in [0, 0.1) is 0 Å². The van der Waals surface area contributed by atoms with Crippen molar-refractivity contribution < 1.29 is 9.15 Å². The van der Waals surface area contributed by atoms with Gasteiger partial charge in [-0.15, -0.1) is 0 Å². The predicted molar refractivity (Wildman–Crippen MR) is 90.3 cm³/mol. The highest BCUT2D eigenvalue weighted by atomic mass is 16.5. The largest absolute Gasteiger partial charge is 0.495 e. The maximum Gasteiger partial charge on any atom is 0.343 e. The Balaban J connectivity index is 2.00. The molecule has 0 aliphatic heterocycles. The molecule has 0 radical (unpaired) electrons. The van der Waals surface area contributed by atoms with Gasteiger partial charge in [0.05, 0.1) is 18.1 Å². The molecule has 0 saturated heterocycles. The first kappa shape index (κ1) is 14.1. The maximum absolute atomic E-state index is 12.7. The van der Waals surface area contributed by atoms with Crippen molar-refractivity contribution in [1.82, 2.24) is 0 Å². The molecule has 0 amide bonds. The van der Waals surface area contributed by atoms with E-state index in [-0.39, 0.29) is 11.5 Å². The first-order chi connectivity index (χ1) is 11.3. The van der Waals surface area contributed by atoms with E-state index in [0.717, 1.165) is 24.6 Å². The molecule has 2 aromatic carbocycles. The number of methoxy groups -OCH3 is 1. The van der Waals surface area contributed by atoms with Crippen molar-refractivity contribution in [2.24, 2.45) is 0 Å². The maximum atomic E-state index is 12.7. The molecule has 4 rings (SSSR count). The van der Waals surface area contributed by atoms with Crippen LogP contribution in [-0.4, -0.2) is 7.11 Å². The average molecular weight is 306 g/mol. The van der Waals surface area contributed by atoms with Crippen LogP contribution < -0.4 is 10.4 Å². The van der Waals surface area contributed by atoms with E-state index < -0.39 is 0 Å². The number of hydrogen-bond donors (Lipinski definition) is 0. The first-order valence-electron chi connectivity index (χ1n) is 7.97. The molecule has 0 spiro atoms. The number of aryl methyl sites for hydroxylation is 1. The fourth-order valence-corrected chi connectivity index (χ4v) is 3.71. The van der Waals surface area contributed by atoms with Crippen molar-refractivity contribution in [3.05, 3.63) is 75.6 Å². The number of fused-ring (bicyclic) bond motifs is 2. The molecular weight excluding hydrogens is 288 g/mol. The van der Waals surface area contributed by atoms with Crippen LogP contribution in [0.5, 0.6) is 5.75 Å². The summed E-state index contributed by atoms with van der Waals surface area (Å²) in [6.07, 6.45) is 3.07. The van der Waals surface area contributed by atoms with Gasteiger partial charge in [0.1, 0.15) is 11.3 Å². The Bertz CT molecular complexity index is 924. The van der Waals surface area contributed by atoms with Crippen LogP contribution in [0.1, 0.15) is 35.4 Å². The van der Waals surface area contributed by atoms with Gasteiger partial charge in [0, 0.05) is 5.92 Å². The van der Waals surface area contributed by atoms with E-state index in [2.05, 4.69) is 18.2 Å². The van der Waals surface area contributed by atoms with Crippen molar-refractivity contribution in [1.29, 1.82) is 0 Å². The molecule has 1 aromatic heterocycles. The lowest BCUT2D eigenvalue weighted by atomic mass is 9.79. The first-order valence-corrected chi connectivity index (χ1v) is 7.97. The van der Waals surface area contributed by atoms with E-state index in [0.29, 0.717) is 16.9 Å². The molecule has 3 aromatic rings. The van der Waals surface area contributed by atoms with E-state index in [1.54, 1.807) is 13.2 Å². The molecule has 1 aliphatic rings. The summed E-state index contributed by atoms with van der Waals surface area (Å²) in [5.41, 5.74) is 3.47. The quantitative estimate of drug-likeness (QED) is 0.664. The summed E-state index contributed by atoms with van der Waals surface area (Å²) in [6.45, 7) is 0. The highest BCUT2D eigenvalue weighted by Crippen LogP contribution is 2.41. The zero-order valence-electron chi connectivity index (χ0n) is 13.0. The summed E-state index contributed by atoms with van der Waals surface area (Å²) in [5.74, 6) is 0.689. The third kappa shape index (κ3) is 2.24. The lowest BCUT2D eigenvalue weighted by Crippen LogP contribution is -2.19. The smallest absolute Gasteiger partial charge is 0.343 e. The minimum Gasteiger partial charge on any atom is -0.495 e. The van der Waals surface area contributed by atoms with Crippen LogP contribution in [0.3, 0.4) is 0 Å². The van der Waals surface area contributed by atoms with Crippen LogP contribution in [0.25, 0.3) is 11.0 Å². The van der Waals surface area contributed by atoms with Crippen molar-refractivity contribution >= 4 is 11.0 Å². The lowest BCUT2D eigenvalue weighted by molar-refractivity contribution is 0.399. The number of ether oxygens (including phenoxy) is 1. The van der Waals surface area contributed by atoms with Gasteiger partial charge in [0.2, 0.25) is 0 Å². The summed E-state index contributed by atoms with van der Waals surface area (Å²) in [7, 11) is 1.62. The second-order valence-electron chi connectivity index (χ2n) is 5.98. The van der Waals surface area contributed by atoms with Crippen LogP contribution in [0.4, 0.5) is 0 Å². The SMILES string of the molecule is COc1c(C2CCCc3ccccc32)c(=O)oc2ccccc12. The van der Waals surface area contributed by atoms with Gasteiger partial charge >= 0.3 is 5.63 Å². The van der Waals surface area contributed by atoms with Gasteiger partial charge in [-0.3, -0.25) is 0 Å². The van der Waals surface area contributed by atoms with Gasteiger partial charge in [-0.25, -0.2) is 4.79 Å². The monoisotopic (exact) mass is 306 g/mol. The number of rotatable bonds is 2. The van der Waals surface area contributed by atoms with Gasteiger partial charge in [-0.2, -0.15) is 0 Å². The van der Waals surface area contributed by atoms with E-state index in [9.17, 15) is 4.79 Å². The number of benzene rings is 2. The summed E-state index contributed by atoms with van der Waals surface area (Å²) >= 11 is 0. The van der Waals surface area contributed by atoms with Gasteiger partial charge in [-0.1, -0.05) is 36.4 Å². The highest BCUT2D eigenvalue weighted by molar-refractivity contribution is 5.84. The molecule has 3 nitrogen and oxygen atoms in total. The molecule has 0 fully saturated rings.